The smallest absolute Gasteiger partial charge is 0.394 e. The van der Waals surface area contributed by atoms with Crippen molar-refractivity contribution in [2.24, 2.45) is 7.05 Å². The number of imidazole rings is 1. The van der Waals surface area contributed by atoms with Crippen LogP contribution in [0.4, 0.5) is 13.2 Å². The van der Waals surface area contributed by atoms with Gasteiger partial charge < -0.3 is 15.0 Å². The zero-order valence-electron chi connectivity index (χ0n) is 17.3. The van der Waals surface area contributed by atoms with E-state index in [2.05, 4.69) is 10.3 Å². The van der Waals surface area contributed by atoms with E-state index < -0.39 is 17.3 Å². The molecule has 0 spiro atoms. The van der Waals surface area contributed by atoms with Gasteiger partial charge in [-0.25, -0.2) is 4.98 Å². The maximum atomic E-state index is 13.0. The van der Waals surface area contributed by atoms with Crippen molar-refractivity contribution in [2.45, 2.75) is 31.0 Å². The number of aliphatic hydroxyl groups is 1. The Hall–Kier alpha value is -3.33. The van der Waals surface area contributed by atoms with Gasteiger partial charge in [0.1, 0.15) is 0 Å². The van der Waals surface area contributed by atoms with Crippen LogP contribution in [-0.4, -0.2) is 37.3 Å². The van der Waals surface area contributed by atoms with E-state index in [4.69, 9.17) is 0 Å². The molecule has 5 rings (SSSR count). The molecule has 2 N–H and O–H groups in total. The summed E-state index contributed by atoms with van der Waals surface area (Å²) in [5.41, 5.74) is 1.81. The third-order valence-corrected chi connectivity index (χ3v) is 6.33. The molecule has 1 aliphatic rings. The quantitative estimate of drug-likeness (QED) is 0.498. The molecule has 0 saturated heterocycles. The number of hydrogen-bond acceptors (Lipinski definition) is 3. The number of carbonyl (C=O) groups is 1. The number of rotatable bonds is 4. The van der Waals surface area contributed by atoms with Crippen LogP contribution in [-0.2, 0) is 13.2 Å². The van der Waals surface area contributed by atoms with Crippen molar-refractivity contribution in [1.29, 1.82) is 0 Å². The molecule has 166 valence electrons. The van der Waals surface area contributed by atoms with E-state index in [1.165, 1.54) is 12.1 Å². The van der Waals surface area contributed by atoms with E-state index in [0.717, 1.165) is 47.8 Å². The summed E-state index contributed by atoms with van der Waals surface area (Å²) in [7, 11) is 1.83. The Morgan fingerprint density at radius 1 is 1.19 bits per heavy atom. The van der Waals surface area contributed by atoms with Gasteiger partial charge in [-0.1, -0.05) is 0 Å². The average Bonchev–Trinajstić information content (AvgIpc) is 3.27. The molecule has 4 aromatic rings. The summed E-state index contributed by atoms with van der Waals surface area (Å²) >= 11 is 0. The first-order chi connectivity index (χ1) is 15.2. The molecule has 6 nitrogen and oxygen atoms in total. The number of nitrogens with one attached hydrogen (secondary N) is 1. The summed E-state index contributed by atoms with van der Waals surface area (Å²) in [4.78, 5) is 17.3. The minimum absolute atomic E-state index is 0.0999. The van der Waals surface area contributed by atoms with Gasteiger partial charge in [0.15, 0.2) is 5.65 Å². The molecule has 0 bridgehead atoms. The second-order valence-corrected chi connectivity index (χ2v) is 8.39. The van der Waals surface area contributed by atoms with Gasteiger partial charge in [-0.2, -0.15) is 13.2 Å². The van der Waals surface area contributed by atoms with Crippen LogP contribution >= 0.6 is 0 Å². The van der Waals surface area contributed by atoms with Crippen molar-refractivity contribution in [3.63, 3.8) is 0 Å². The lowest BCUT2D eigenvalue weighted by Crippen LogP contribution is -2.56. The second-order valence-electron chi connectivity index (χ2n) is 8.39. The first kappa shape index (κ1) is 20.6. The van der Waals surface area contributed by atoms with E-state index in [1.807, 2.05) is 11.6 Å². The molecule has 1 amide bonds. The molecule has 1 saturated carbocycles. The fourth-order valence-corrected chi connectivity index (χ4v) is 4.37. The Balaban J connectivity index is 1.61. The fraction of sp³-hybridized carbons (Fsp3) is 0.304. The molecular formula is C23H21F3N4O2. The number of hydrogen-bond donors (Lipinski definition) is 2. The number of aromatic nitrogens is 3. The highest BCUT2D eigenvalue weighted by molar-refractivity contribution is 6.09. The van der Waals surface area contributed by atoms with Crippen molar-refractivity contribution >= 4 is 28.0 Å². The Labute approximate surface area is 181 Å². The second kappa shape index (κ2) is 7.09. The molecular weight excluding hydrogens is 421 g/mol. The lowest BCUT2D eigenvalue weighted by molar-refractivity contribution is -0.137. The highest BCUT2D eigenvalue weighted by atomic mass is 19.4. The Bertz CT molecular complexity index is 1330. The number of halogens is 3. The van der Waals surface area contributed by atoms with Gasteiger partial charge >= 0.3 is 6.18 Å². The molecule has 0 aliphatic heterocycles. The third-order valence-electron chi connectivity index (χ3n) is 6.33. The molecule has 0 unspecified atom stereocenters. The molecule has 0 atom stereocenters. The minimum Gasteiger partial charge on any atom is -0.394 e. The lowest BCUT2D eigenvalue weighted by atomic mass is 9.77. The van der Waals surface area contributed by atoms with Crippen LogP contribution in [0, 0.1) is 0 Å². The average molecular weight is 442 g/mol. The largest absolute Gasteiger partial charge is 0.416 e. The third kappa shape index (κ3) is 3.15. The number of fused-ring (bicyclic) bond motifs is 3. The van der Waals surface area contributed by atoms with Crippen molar-refractivity contribution in [1.82, 2.24) is 19.4 Å². The van der Waals surface area contributed by atoms with Crippen molar-refractivity contribution in [3.8, 4) is 5.69 Å². The first-order valence-electron chi connectivity index (χ1n) is 10.3. The summed E-state index contributed by atoms with van der Waals surface area (Å²) < 4.78 is 42.6. The van der Waals surface area contributed by atoms with Crippen molar-refractivity contribution in [3.05, 3.63) is 59.9 Å². The van der Waals surface area contributed by atoms with E-state index in [1.54, 1.807) is 29.1 Å². The van der Waals surface area contributed by atoms with Gasteiger partial charge in [0.2, 0.25) is 0 Å². The molecule has 2 heterocycles. The number of amides is 1. The van der Waals surface area contributed by atoms with Gasteiger partial charge in [-0.3, -0.25) is 9.36 Å². The summed E-state index contributed by atoms with van der Waals surface area (Å²) in [6.45, 7) is -0.0999. The predicted molar refractivity (Wildman–Crippen MR) is 114 cm³/mol. The fourth-order valence-electron chi connectivity index (χ4n) is 4.37. The first-order valence-corrected chi connectivity index (χ1v) is 10.3. The zero-order chi connectivity index (χ0) is 22.7. The van der Waals surface area contributed by atoms with Crippen LogP contribution < -0.4 is 5.32 Å². The summed E-state index contributed by atoms with van der Waals surface area (Å²) in [6.07, 6.45) is -0.328. The standard InChI is InChI=1S/C23H21F3N4O2/c1-29-13-27-20-19(29)17-11-14(21(32)28-22(12-31)9-2-10-22)3-8-18(17)30(20)16-6-4-15(5-7-16)23(24,25)26/h3-8,11,13,31H,2,9-10,12H2,1H3,(H,28,32). The Morgan fingerprint density at radius 2 is 1.91 bits per heavy atom. The van der Waals surface area contributed by atoms with Gasteiger partial charge in [0, 0.05) is 23.7 Å². The van der Waals surface area contributed by atoms with Crippen LogP contribution in [0.15, 0.2) is 48.8 Å². The van der Waals surface area contributed by atoms with Crippen molar-refractivity contribution < 1.29 is 23.1 Å². The van der Waals surface area contributed by atoms with Gasteiger partial charge in [-0.05, 0) is 61.7 Å². The van der Waals surface area contributed by atoms with Gasteiger partial charge in [0.05, 0.1) is 35.1 Å². The summed E-state index contributed by atoms with van der Waals surface area (Å²) in [6, 6.07) is 10.1. The molecule has 2 aromatic carbocycles. The number of aliphatic hydroxyl groups excluding tert-OH is 1. The Morgan fingerprint density at radius 3 is 2.50 bits per heavy atom. The SMILES string of the molecule is Cn1cnc2c1c1cc(C(=O)NC3(CO)CCC3)ccc1n2-c1ccc(C(F)(F)F)cc1. The van der Waals surface area contributed by atoms with Crippen molar-refractivity contribution in [2.75, 3.05) is 6.61 Å². The zero-order valence-corrected chi connectivity index (χ0v) is 17.3. The lowest BCUT2D eigenvalue weighted by Gasteiger charge is -2.40. The molecule has 9 heteroatoms. The number of aryl methyl sites for hydroxylation is 1. The molecule has 1 aliphatic carbocycles. The normalized spacial score (nSPS) is 15.8. The number of benzene rings is 2. The highest BCUT2D eigenvalue weighted by Crippen LogP contribution is 2.35. The maximum Gasteiger partial charge on any atom is 0.416 e. The van der Waals surface area contributed by atoms with E-state index >= 15 is 0 Å². The topological polar surface area (TPSA) is 72.1 Å². The molecule has 1 fully saturated rings. The van der Waals surface area contributed by atoms with Crippen LogP contribution in [0.25, 0.3) is 27.8 Å². The predicted octanol–water partition coefficient (Wildman–Crippen LogP) is 4.18. The minimum atomic E-state index is -4.41. The summed E-state index contributed by atoms with van der Waals surface area (Å²) in [5.74, 6) is -0.266. The van der Waals surface area contributed by atoms with E-state index in [-0.39, 0.29) is 12.5 Å². The van der Waals surface area contributed by atoms with Crippen LogP contribution in [0.1, 0.15) is 35.2 Å². The molecule has 32 heavy (non-hydrogen) atoms. The van der Waals surface area contributed by atoms with Gasteiger partial charge in [-0.15, -0.1) is 0 Å². The van der Waals surface area contributed by atoms with E-state index in [0.29, 0.717) is 16.9 Å². The van der Waals surface area contributed by atoms with E-state index in [9.17, 15) is 23.1 Å². The Kier molecular flexibility index (Phi) is 4.56. The maximum absolute atomic E-state index is 13.0. The summed E-state index contributed by atoms with van der Waals surface area (Å²) in [5, 5.41) is 13.4. The number of alkyl halides is 3. The molecule has 0 radical (unpaired) electrons. The monoisotopic (exact) mass is 442 g/mol. The molecule has 2 aromatic heterocycles. The number of carbonyl (C=O) groups excluding carboxylic acids is 1. The van der Waals surface area contributed by atoms with Crippen LogP contribution in [0.5, 0.6) is 0 Å². The van der Waals surface area contributed by atoms with Crippen LogP contribution in [0.3, 0.4) is 0 Å². The van der Waals surface area contributed by atoms with Gasteiger partial charge in [0.25, 0.3) is 5.91 Å². The van der Waals surface area contributed by atoms with Crippen LogP contribution in [0.2, 0.25) is 0 Å². The highest BCUT2D eigenvalue weighted by Gasteiger charge is 2.38. The number of nitrogens with zero attached hydrogens (tertiary/aromatic N) is 3.